The van der Waals surface area contributed by atoms with Gasteiger partial charge < -0.3 is 5.73 Å². The van der Waals surface area contributed by atoms with Crippen molar-refractivity contribution in [3.63, 3.8) is 0 Å². The SMILES string of the molecule is Cn1nc(CSc2ccc(N)cc2F)c2ccccc21. The highest BCUT2D eigenvalue weighted by atomic mass is 32.2. The molecule has 0 bridgehead atoms. The molecule has 0 aliphatic rings. The highest BCUT2D eigenvalue weighted by molar-refractivity contribution is 7.98. The topological polar surface area (TPSA) is 43.8 Å². The monoisotopic (exact) mass is 287 g/mol. The largest absolute Gasteiger partial charge is 0.399 e. The first-order chi connectivity index (χ1) is 9.65. The number of nitrogens with two attached hydrogens (primary N) is 1. The van der Waals surface area contributed by atoms with Crippen molar-refractivity contribution in [2.24, 2.45) is 7.05 Å². The number of anilines is 1. The van der Waals surface area contributed by atoms with Gasteiger partial charge in [-0.25, -0.2) is 4.39 Å². The van der Waals surface area contributed by atoms with Crippen LogP contribution >= 0.6 is 11.8 Å². The van der Waals surface area contributed by atoms with E-state index in [1.54, 1.807) is 12.1 Å². The standard InChI is InChI=1S/C15H14FN3S/c1-19-14-5-3-2-4-11(14)13(18-19)9-20-15-7-6-10(17)8-12(15)16/h2-8H,9,17H2,1H3. The molecule has 102 valence electrons. The Morgan fingerprint density at radius 3 is 2.85 bits per heavy atom. The summed E-state index contributed by atoms with van der Waals surface area (Å²) in [5, 5.41) is 5.61. The average molecular weight is 287 g/mol. The molecular formula is C15H14FN3S. The normalized spacial score (nSPS) is 11.1. The Kier molecular flexibility index (Phi) is 3.36. The van der Waals surface area contributed by atoms with Crippen molar-refractivity contribution < 1.29 is 4.39 Å². The summed E-state index contributed by atoms with van der Waals surface area (Å²) in [4.78, 5) is 0.592. The van der Waals surface area contributed by atoms with Gasteiger partial charge in [0.1, 0.15) is 5.82 Å². The Bertz CT molecular complexity index is 767. The predicted octanol–water partition coefficient (Wildman–Crippen LogP) is 3.59. The Morgan fingerprint density at radius 1 is 1.25 bits per heavy atom. The Hall–Kier alpha value is -2.01. The van der Waals surface area contributed by atoms with Crippen molar-refractivity contribution in [2.75, 3.05) is 5.73 Å². The number of hydrogen-bond acceptors (Lipinski definition) is 3. The maximum Gasteiger partial charge on any atom is 0.138 e. The molecular weight excluding hydrogens is 273 g/mol. The van der Waals surface area contributed by atoms with E-state index in [1.165, 1.54) is 17.8 Å². The van der Waals surface area contributed by atoms with E-state index in [0.717, 1.165) is 16.6 Å². The molecule has 0 aliphatic carbocycles. The lowest BCUT2D eigenvalue weighted by molar-refractivity contribution is 0.602. The molecule has 0 spiro atoms. The molecule has 0 saturated carbocycles. The predicted molar refractivity (Wildman–Crippen MR) is 81.1 cm³/mol. The molecule has 3 aromatic rings. The van der Waals surface area contributed by atoms with Crippen LogP contribution in [0.1, 0.15) is 5.69 Å². The van der Waals surface area contributed by atoms with Crippen LogP contribution in [0.15, 0.2) is 47.4 Å². The van der Waals surface area contributed by atoms with Crippen LogP contribution in [0.2, 0.25) is 0 Å². The molecule has 1 aromatic heterocycles. The van der Waals surface area contributed by atoms with Gasteiger partial charge in [0.25, 0.3) is 0 Å². The first kappa shape index (κ1) is 13.0. The molecule has 3 nitrogen and oxygen atoms in total. The second kappa shape index (κ2) is 5.17. The Labute approximate surface area is 120 Å². The van der Waals surface area contributed by atoms with E-state index in [1.807, 2.05) is 36.0 Å². The number of aryl methyl sites for hydroxylation is 1. The van der Waals surface area contributed by atoms with Gasteiger partial charge in [0, 0.05) is 28.8 Å². The van der Waals surface area contributed by atoms with Crippen LogP contribution in [0.4, 0.5) is 10.1 Å². The average Bonchev–Trinajstić information content (AvgIpc) is 2.75. The van der Waals surface area contributed by atoms with E-state index in [0.29, 0.717) is 16.3 Å². The van der Waals surface area contributed by atoms with Gasteiger partial charge in [0.05, 0.1) is 11.2 Å². The van der Waals surface area contributed by atoms with E-state index in [2.05, 4.69) is 5.10 Å². The number of nitrogens with zero attached hydrogens (tertiary/aromatic N) is 2. The first-order valence-electron chi connectivity index (χ1n) is 6.23. The van der Waals surface area contributed by atoms with Gasteiger partial charge in [0.15, 0.2) is 0 Å². The molecule has 2 aromatic carbocycles. The summed E-state index contributed by atoms with van der Waals surface area (Å²) in [5.41, 5.74) is 8.03. The van der Waals surface area contributed by atoms with E-state index >= 15 is 0 Å². The summed E-state index contributed by atoms with van der Waals surface area (Å²) < 4.78 is 15.6. The first-order valence-corrected chi connectivity index (χ1v) is 7.22. The molecule has 0 atom stereocenters. The Morgan fingerprint density at radius 2 is 2.05 bits per heavy atom. The number of benzene rings is 2. The molecule has 0 amide bonds. The van der Waals surface area contributed by atoms with Crippen molar-refractivity contribution in [3.8, 4) is 0 Å². The van der Waals surface area contributed by atoms with E-state index in [9.17, 15) is 4.39 Å². The number of halogens is 1. The van der Waals surface area contributed by atoms with Crippen LogP contribution in [0.25, 0.3) is 10.9 Å². The van der Waals surface area contributed by atoms with Crippen molar-refractivity contribution in [2.45, 2.75) is 10.6 Å². The molecule has 2 N–H and O–H groups in total. The van der Waals surface area contributed by atoms with Crippen LogP contribution < -0.4 is 5.73 Å². The van der Waals surface area contributed by atoms with Gasteiger partial charge in [-0.1, -0.05) is 18.2 Å². The van der Waals surface area contributed by atoms with E-state index in [4.69, 9.17) is 5.73 Å². The molecule has 5 heteroatoms. The highest BCUT2D eigenvalue weighted by Crippen LogP contribution is 2.29. The second-order valence-corrected chi connectivity index (χ2v) is 5.58. The number of thioether (sulfide) groups is 1. The molecule has 20 heavy (non-hydrogen) atoms. The number of fused-ring (bicyclic) bond motifs is 1. The molecule has 0 unspecified atom stereocenters. The van der Waals surface area contributed by atoms with E-state index in [-0.39, 0.29) is 5.82 Å². The van der Waals surface area contributed by atoms with Gasteiger partial charge in [0.2, 0.25) is 0 Å². The van der Waals surface area contributed by atoms with Crippen LogP contribution in [0, 0.1) is 5.82 Å². The third-order valence-corrected chi connectivity index (χ3v) is 4.21. The molecule has 0 radical (unpaired) electrons. The zero-order valence-electron chi connectivity index (χ0n) is 11.0. The quantitative estimate of drug-likeness (QED) is 0.591. The third kappa shape index (κ3) is 2.36. The van der Waals surface area contributed by atoms with Gasteiger partial charge in [-0.15, -0.1) is 11.8 Å². The Balaban J connectivity index is 1.87. The lowest BCUT2D eigenvalue weighted by atomic mass is 10.2. The number of nitrogen functional groups attached to an aromatic ring is 1. The summed E-state index contributed by atoms with van der Waals surface area (Å²) in [6, 6.07) is 12.8. The summed E-state index contributed by atoms with van der Waals surface area (Å²) in [6.45, 7) is 0. The van der Waals surface area contributed by atoms with Crippen molar-refractivity contribution in [3.05, 3.63) is 54.0 Å². The highest BCUT2D eigenvalue weighted by Gasteiger charge is 2.10. The molecule has 0 aliphatic heterocycles. The lowest BCUT2D eigenvalue weighted by Gasteiger charge is -2.02. The lowest BCUT2D eigenvalue weighted by Crippen LogP contribution is -1.91. The number of hydrogen-bond donors (Lipinski definition) is 1. The van der Waals surface area contributed by atoms with Crippen molar-refractivity contribution >= 4 is 28.4 Å². The zero-order chi connectivity index (χ0) is 14.1. The third-order valence-electron chi connectivity index (χ3n) is 3.15. The molecule has 0 fully saturated rings. The molecule has 0 saturated heterocycles. The van der Waals surface area contributed by atoms with Crippen LogP contribution in [0.3, 0.4) is 0 Å². The fourth-order valence-electron chi connectivity index (χ4n) is 2.18. The summed E-state index contributed by atoms with van der Waals surface area (Å²) in [5.74, 6) is 0.345. The summed E-state index contributed by atoms with van der Waals surface area (Å²) in [6.07, 6.45) is 0. The summed E-state index contributed by atoms with van der Waals surface area (Å²) >= 11 is 1.43. The minimum atomic E-state index is -0.282. The van der Waals surface area contributed by atoms with Crippen molar-refractivity contribution in [1.82, 2.24) is 9.78 Å². The molecule has 1 heterocycles. The smallest absolute Gasteiger partial charge is 0.138 e. The van der Waals surface area contributed by atoms with Crippen LogP contribution in [0.5, 0.6) is 0 Å². The maximum absolute atomic E-state index is 13.7. The fourth-order valence-corrected chi connectivity index (χ4v) is 3.04. The van der Waals surface area contributed by atoms with Gasteiger partial charge in [-0.05, 0) is 24.3 Å². The van der Waals surface area contributed by atoms with Gasteiger partial charge in [-0.3, -0.25) is 4.68 Å². The van der Waals surface area contributed by atoms with Crippen LogP contribution in [-0.4, -0.2) is 9.78 Å². The number of aromatic nitrogens is 2. The number of rotatable bonds is 3. The molecule has 3 rings (SSSR count). The van der Waals surface area contributed by atoms with Crippen molar-refractivity contribution in [1.29, 1.82) is 0 Å². The zero-order valence-corrected chi connectivity index (χ0v) is 11.8. The maximum atomic E-state index is 13.7. The second-order valence-electron chi connectivity index (χ2n) is 4.57. The fraction of sp³-hybridized carbons (Fsp3) is 0.133. The minimum absolute atomic E-state index is 0.282. The van der Waals surface area contributed by atoms with Gasteiger partial charge >= 0.3 is 0 Å². The van der Waals surface area contributed by atoms with E-state index < -0.39 is 0 Å². The van der Waals surface area contributed by atoms with Crippen LogP contribution in [-0.2, 0) is 12.8 Å². The minimum Gasteiger partial charge on any atom is -0.399 e. The number of para-hydroxylation sites is 1. The van der Waals surface area contributed by atoms with Gasteiger partial charge in [-0.2, -0.15) is 5.10 Å². The summed E-state index contributed by atoms with van der Waals surface area (Å²) in [7, 11) is 1.92.